The molecule has 0 spiro atoms. The van der Waals surface area contributed by atoms with Crippen LogP contribution in [0, 0.1) is 0 Å². The van der Waals surface area contributed by atoms with Crippen molar-refractivity contribution in [3.63, 3.8) is 0 Å². The summed E-state index contributed by atoms with van der Waals surface area (Å²) >= 11 is 8.57. The van der Waals surface area contributed by atoms with Gasteiger partial charge in [0.1, 0.15) is 5.15 Å². The Labute approximate surface area is 86.0 Å². The Morgan fingerprint density at radius 1 is 1.62 bits per heavy atom. The van der Waals surface area contributed by atoms with Crippen LogP contribution in [-0.2, 0) is 5.33 Å². The van der Waals surface area contributed by atoms with E-state index in [1.54, 1.807) is 0 Å². The Morgan fingerprint density at radius 3 is 2.69 bits per heavy atom. The van der Waals surface area contributed by atoms with Crippen molar-refractivity contribution in [2.24, 2.45) is 0 Å². The molecule has 1 N–H and O–H groups in total. The first-order valence-electron chi connectivity index (χ1n) is 3.32. The molecule has 0 bridgehead atoms. The van der Waals surface area contributed by atoms with Crippen LogP contribution in [0.2, 0.25) is 5.15 Å². The lowest BCUT2D eigenvalue weighted by Gasteiger charge is -2.02. The van der Waals surface area contributed by atoms with Gasteiger partial charge in [0, 0.05) is 17.1 Å². The molecule has 1 aromatic heterocycles. The zero-order chi connectivity index (χ0) is 10.0. The minimum atomic E-state index is -2.78. The Kier molecular flexibility index (Phi) is 3.44. The lowest BCUT2D eigenvalue weighted by Crippen LogP contribution is -2.15. The second-order valence-corrected chi connectivity index (χ2v) is 3.24. The number of H-pyrrole nitrogens is 1. The fourth-order valence-electron chi connectivity index (χ4n) is 0.849. The predicted molar refractivity (Wildman–Crippen MR) is 49.7 cm³/mol. The van der Waals surface area contributed by atoms with E-state index in [1.165, 1.54) is 0 Å². The Hall–Kier alpha value is -0.420. The molecule has 0 unspecified atom stereocenters. The van der Waals surface area contributed by atoms with Crippen molar-refractivity contribution in [2.75, 3.05) is 0 Å². The number of hydrogen-bond donors (Lipinski definition) is 1. The number of hydrogen-bond acceptors (Lipinski definition) is 1. The highest BCUT2D eigenvalue weighted by molar-refractivity contribution is 9.08. The third kappa shape index (κ3) is 2.08. The van der Waals surface area contributed by atoms with Crippen LogP contribution in [-0.4, -0.2) is 4.98 Å². The van der Waals surface area contributed by atoms with Crippen molar-refractivity contribution in [1.29, 1.82) is 0 Å². The molecule has 1 rings (SSSR count). The van der Waals surface area contributed by atoms with E-state index in [4.69, 9.17) is 11.6 Å². The molecule has 0 aromatic carbocycles. The highest BCUT2D eigenvalue weighted by atomic mass is 79.9. The molecular weight excluding hydrogens is 267 g/mol. The number of aromatic amines is 1. The monoisotopic (exact) mass is 271 g/mol. The molecule has 0 radical (unpaired) electrons. The van der Waals surface area contributed by atoms with Crippen LogP contribution in [0.25, 0.3) is 0 Å². The minimum absolute atomic E-state index is 0.0891. The number of pyridine rings is 1. The largest absolute Gasteiger partial charge is 0.351 e. The van der Waals surface area contributed by atoms with Gasteiger partial charge in [0.15, 0.2) is 5.43 Å². The molecule has 0 fully saturated rings. The maximum Gasteiger partial charge on any atom is 0.269 e. The summed E-state index contributed by atoms with van der Waals surface area (Å²) < 4.78 is 24.4. The van der Waals surface area contributed by atoms with Crippen LogP contribution < -0.4 is 5.43 Å². The van der Waals surface area contributed by atoms with Crippen molar-refractivity contribution >= 4 is 27.5 Å². The smallest absolute Gasteiger partial charge is 0.269 e. The maximum atomic E-state index is 12.2. The average Bonchev–Trinajstić information content (AvgIpc) is 2.04. The first-order chi connectivity index (χ1) is 6.07. The number of nitrogens with one attached hydrogen (secondary N) is 1. The zero-order valence-electron chi connectivity index (χ0n) is 6.28. The number of alkyl halides is 3. The summed E-state index contributed by atoms with van der Waals surface area (Å²) in [6, 6.07) is 0. The first kappa shape index (κ1) is 10.7. The molecule has 1 aromatic rings. The zero-order valence-corrected chi connectivity index (χ0v) is 8.62. The van der Waals surface area contributed by atoms with E-state index >= 15 is 0 Å². The van der Waals surface area contributed by atoms with Crippen molar-refractivity contribution in [1.82, 2.24) is 4.98 Å². The van der Waals surface area contributed by atoms with E-state index in [2.05, 4.69) is 20.9 Å². The fourth-order valence-corrected chi connectivity index (χ4v) is 1.75. The molecule has 0 saturated heterocycles. The van der Waals surface area contributed by atoms with Crippen LogP contribution >= 0.6 is 27.5 Å². The van der Waals surface area contributed by atoms with Crippen LogP contribution in [0.5, 0.6) is 0 Å². The molecule has 0 aliphatic carbocycles. The van der Waals surface area contributed by atoms with Gasteiger partial charge in [0.25, 0.3) is 6.43 Å². The van der Waals surface area contributed by atoms with Crippen molar-refractivity contribution in [3.8, 4) is 0 Å². The highest BCUT2D eigenvalue weighted by Gasteiger charge is 2.16. The average molecular weight is 272 g/mol. The van der Waals surface area contributed by atoms with E-state index in [-0.39, 0.29) is 16.0 Å². The molecule has 1 heterocycles. The Balaban J connectivity index is 3.37. The van der Waals surface area contributed by atoms with Gasteiger partial charge in [-0.3, -0.25) is 4.79 Å². The second-order valence-electron chi connectivity index (χ2n) is 2.30. The molecule has 0 aliphatic heterocycles. The summed E-state index contributed by atoms with van der Waals surface area (Å²) in [6.07, 6.45) is -1.85. The van der Waals surface area contributed by atoms with E-state index in [0.717, 1.165) is 6.20 Å². The van der Waals surface area contributed by atoms with Gasteiger partial charge in [0.2, 0.25) is 0 Å². The number of aromatic nitrogens is 1. The molecule has 13 heavy (non-hydrogen) atoms. The predicted octanol–water partition coefficient (Wildman–Crippen LogP) is 2.86. The fraction of sp³-hybridized carbons (Fsp3) is 0.286. The maximum absolute atomic E-state index is 12.2. The first-order valence-corrected chi connectivity index (χ1v) is 4.82. The van der Waals surface area contributed by atoms with Crippen LogP contribution in [0.4, 0.5) is 8.78 Å². The third-order valence-corrected chi connectivity index (χ3v) is 2.42. The molecule has 0 aliphatic rings. The van der Waals surface area contributed by atoms with E-state index in [0.29, 0.717) is 0 Å². The van der Waals surface area contributed by atoms with Gasteiger partial charge in [-0.25, -0.2) is 8.78 Å². The molecule has 0 amide bonds. The van der Waals surface area contributed by atoms with E-state index in [1.807, 2.05) is 0 Å². The molecule has 0 saturated carbocycles. The SMILES string of the molecule is O=c1c(C(F)F)c[nH]c(Cl)c1CBr. The summed E-state index contributed by atoms with van der Waals surface area (Å²) in [7, 11) is 0. The Bertz CT molecular complexity index is 366. The van der Waals surface area contributed by atoms with Crippen LogP contribution in [0.1, 0.15) is 17.6 Å². The summed E-state index contributed by atoms with van der Waals surface area (Å²) in [5.41, 5.74) is -1.14. The van der Waals surface area contributed by atoms with Crippen molar-refractivity contribution in [3.05, 3.63) is 32.7 Å². The summed E-state index contributed by atoms with van der Waals surface area (Å²) in [6.45, 7) is 0. The van der Waals surface area contributed by atoms with Gasteiger partial charge in [0.05, 0.1) is 5.56 Å². The summed E-state index contributed by atoms with van der Waals surface area (Å²) in [5.74, 6) is 0. The summed E-state index contributed by atoms with van der Waals surface area (Å²) in [4.78, 5) is 13.6. The van der Waals surface area contributed by atoms with E-state index in [9.17, 15) is 13.6 Å². The highest BCUT2D eigenvalue weighted by Crippen LogP contribution is 2.18. The van der Waals surface area contributed by atoms with Gasteiger partial charge in [-0.05, 0) is 0 Å². The number of halogens is 4. The second kappa shape index (κ2) is 4.19. The van der Waals surface area contributed by atoms with Gasteiger partial charge < -0.3 is 4.98 Å². The van der Waals surface area contributed by atoms with Gasteiger partial charge >= 0.3 is 0 Å². The lowest BCUT2D eigenvalue weighted by molar-refractivity contribution is 0.149. The molecular formula is C7H5BrClF2NO. The Morgan fingerprint density at radius 2 is 2.23 bits per heavy atom. The lowest BCUT2D eigenvalue weighted by atomic mass is 10.2. The molecule has 6 heteroatoms. The van der Waals surface area contributed by atoms with Gasteiger partial charge in [-0.2, -0.15) is 0 Å². The van der Waals surface area contributed by atoms with Gasteiger partial charge in [-0.1, -0.05) is 27.5 Å². The van der Waals surface area contributed by atoms with Crippen molar-refractivity contribution in [2.45, 2.75) is 11.8 Å². The number of rotatable bonds is 2. The molecule has 72 valence electrons. The minimum Gasteiger partial charge on any atom is -0.351 e. The van der Waals surface area contributed by atoms with Crippen LogP contribution in [0.15, 0.2) is 11.0 Å². The third-order valence-electron chi connectivity index (χ3n) is 1.52. The van der Waals surface area contributed by atoms with Crippen LogP contribution in [0.3, 0.4) is 0 Å². The van der Waals surface area contributed by atoms with E-state index < -0.39 is 17.4 Å². The summed E-state index contributed by atoms with van der Waals surface area (Å²) in [5, 5.41) is 0.244. The molecule has 0 atom stereocenters. The van der Waals surface area contributed by atoms with Gasteiger partial charge in [-0.15, -0.1) is 0 Å². The van der Waals surface area contributed by atoms with Crippen molar-refractivity contribution < 1.29 is 8.78 Å². The standard InChI is InChI=1S/C7H5BrClF2NO/c8-1-3-5(13)4(7(10)11)2-12-6(3)9/h2,7H,1H2,(H,12,13). The quantitative estimate of drug-likeness (QED) is 0.652. The normalized spacial score (nSPS) is 10.8. The molecule has 2 nitrogen and oxygen atoms in total. The topological polar surface area (TPSA) is 32.9 Å².